The lowest BCUT2D eigenvalue weighted by atomic mass is 10.3. The molecule has 0 aliphatic carbocycles. The van der Waals surface area contributed by atoms with Crippen molar-refractivity contribution in [1.29, 1.82) is 0 Å². The van der Waals surface area contributed by atoms with Crippen LogP contribution >= 0.6 is 0 Å². The second-order valence-corrected chi connectivity index (χ2v) is 2.69. The first-order valence-corrected chi connectivity index (χ1v) is 3.88. The maximum Gasteiger partial charge on any atom is 0.511 e. The monoisotopic (exact) mass is 242 g/mol. The molecule has 0 aliphatic rings. The van der Waals surface area contributed by atoms with Crippen molar-refractivity contribution in [3.05, 3.63) is 11.4 Å². The van der Waals surface area contributed by atoms with Crippen molar-refractivity contribution in [2.45, 2.75) is 12.9 Å². The highest BCUT2D eigenvalue weighted by Crippen LogP contribution is 2.36. The summed E-state index contributed by atoms with van der Waals surface area (Å²) in [5.41, 5.74) is -2.13. The summed E-state index contributed by atoms with van der Waals surface area (Å²) >= 11 is 0. The standard InChI is InChI=1S/C7H6F4N2O3/c1-13-3(6(10)11)4(16-7(14)15)2(12-13)5(8)9/h5-6H,1H3,(H,14,15). The number of carboxylic acid groups (broad SMARTS) is 1. The van der Waals surface area contributed by atoms with Crippen LogP contribution in [-0.2, 0) is 7.05 Å². The van der Waals surface area contributed by atoms with E-state index in [2.05, 4.69) is 9.84 Å². The Bertz CT molecular complexity index is 405. The minimum atomic E-state index is -3.20. The molecule has 0 atom stereocenters. The topological polar surface area (TPSA) is 64.4 Å². The van der Waals surface area contributed by atoms with Crippen LogP contribution in [0.25, 0.3) is 0 Å². The number of aryl methyl sites for hydroxylation is 1. The van der Waals surface area contributed by atoms with Crippen LogP contribution in [0.3, 0.4) is 0 Å². The number of nitrogens with zero attached hydrogens (tertiary/aromatic N) is 2. The number of hydrogen-bond acceptors (Lipinski definition) is 3. The summed E-state index contributed by atoms with van der Waals surface area (Å²) in [4.78, 5) is 10.2. The Balaban J connectivity index is 3.30. The molecule has 1 aromatic heterocycles. The Labute approximate surface area is 86.2 Å². The number of rotatable bonds is 3. The molecule has 0 fully saturated rings. The molecule has 1 aromatic rings. The molecule has 0 saturated carbocycles. The third-order valence-corrected chi connectivity index (χ3v) is 1.67. The highest BCUT2D eigenvalue weighted by Gasteiger charge is 2.30. The van der Waals surface area contributed by atoms with Crippen molar-refractivity contribution in [2.75, 3.05) is 0 Å². The van der Waals surface area contributed by atoms with Gasteiger partial charge in [-0.3, -0.25) is 4.68 Å². The van der Waals surface area contributed by atoms with Gasteiger partial charge in [-0.2, -0.15) is 5.10 Å². The van der Waals surface area contributed by atoms with Gasteiger partial charge in [-0.15, -0.1) is 0 Å². The van der Waals surface area contributed by atoms with Crippen LogP contribution in [0.1, 0.15) is 24.2 Å². The first-order chi connectivity index (χ1) is 7.34. The largest absolute Gasteiger partial charge is 0.511 e. The fourth-order valence-corrected chi connectivity index (χ4v) is 1.11. The molecule has 1 N–H and O–H groups in total. The summed E-state index contributed by atoms with van der Waals surface area (Å²) in [6.45, 7) is 0. The average molecular weight is 242 g/mol. The molecule has 0 saturated heterocycles. The van der Waals surface area contributed by atoms with Crippen LogP contribution in [0.5, 0.6) is 5.75 Å². The summed E-state index contributed by atoms with van der Waals surface area (Å²) in [6, 6.07) is 0. The Kier molecular flexibility index (Phi) is 3.35. The summed E-state index contributed by atoms with van der Waals surface area (Å²) in [6.07, 6.45) is -8.33. The van der Waals surface area contributed by atoms with Crippen LogP contribution < -0.4 is 4.74 Å². The van der Waals surface area contributed by atoms with Gasteiger partial charge in [0.1, 0.15) is 5.69 Å². The zero-order chi connectivity index (χ0) is 12.5. The predicted octanol–water partition coefficient (Wildman–Crippen LogP) is 2.35. The smallest absolute Gasteiger partial charge is 0.449 e. The normalized spacial score (nSPS) is 11.2. The van der Waals surface area contributed by atoms with E-state index in [1.165, 1.54) is 0 Å². The second-order valence-electron chi connectivity index (χ2n) is 2.69. The molecule has 9 heteroatoms. The number of alkyl halides is 4. The van der Waals surface area contributed by atoms with Gasteiger partial charge in [0.05, 0.1) is 0 Å². The molecule has 5 nitrogen and oxygen atoms in total. The van der Waals surface area contributed by atoms with Crippen molar-refractivity contribution < 1.29 is 32.2 Å². The van der Waals surface area contributed by atoms with Gasteiger partial charge >= 0.3 is 6.16 Å². The molecule has 0 radical (unpaired) electrons. The van der Waals surface area contributed by atoms with Gasteiger partial charge in [0.15, 0.2) is 11.4 Å². The Morgan fingerprint density at radius 2 is 1.94 bits per heavy atom. The third-order valence-electron chi connectivity index (χ3n) is 1.67. The van der Waals surface area contributed by atoms with E-state index >= 15 is 0 Å². The van der Waals surface area contributed by atoms with E-state index in [9.17, 15) is 22.4 Å². The van der Waals surface area contributed by atoms with E-state index in [4.69, 9.17) is 5.11 Å². The van der Waals surface area contributed by atoms with Gasteiger partial charge in [-0.05, 0) is 0 Å². The Morgan fingerprint density at radius 1 is 1.38 bits per heavy atom. The fourth-order valence-electron chi connectivity index (χ4n) is 1.11. The number of ether oxygens (including phenoxy) is 1. The third kappa shape index (κ3) is 2.23. The van der Waals surface area contributed by atoms with E-state index in [1.54, 1.807) is 0 Å². The van der Waals surface area contributed by atoms with Crippen LogP contribution in [-0.4, -0.2) is 21.0 Å². The van der Waals surface area contributed by atoms with Gasteiger partial charge in [0.25, 0.3) is 12.9 Å². The molecule has 1 heterocycles. The van der Waals surface area contributed by atoms with Crippen LogP contribution in [0, 0.1) is 0 Å². The quantitative estimate of drug-likeness (QED) is 0.652. The number of halogens is 4. The lowest BCUT2D eigenvalue weighted by Gasteiger charge is -2.03. The molecular formula is C7H6F4N2O3. The zero-order valence-electron chi connectivity index (χ0n) is 7.82. The minimum absolute atomic E-state index is 0.463. The fraction of sp³-hybridized carbons (Fsp3) is 0.429. The highest BCUT2D eigenvalue weighted by atomic mass is 19.3. The van der Waals surface area contributed by atoms with Crippen LogP contribution in [0.4, 0.5) is 22.4 Å². The Hall–Kier alpha value is -1.80. The summed E-state index contributed by atoms with van der Waals surface area (Å²) < 4.78 is 53.9. The van der Waals surface area contributed by atoms with Crippen molar-refractivity contribution >= 4 is 6.16 Å². The van der Waals surface area contributed by atoms with Crippen molar-refractivity contribution in [3.8, 4) is 5.75 Å². The Morgan fingerprint density at radius 3 is 2.31 bits per heavy atom. The molecule has 90 valence electrons. The number of aromatic nitrogens is 2. The van der Waals surface area contributed by atoms with E-state index < -0.39 is 36.1 Å². The maximum absolute atomic E-state index is 12.4. The van der Waals surface area contributed by atoms with E-state index in [0.29, 0.717) is 4.68 Å². The van der Waals surface area contributed by atoms with Crippen molar-refractivity contribution in [1.82, 2.24) is 9.78 Å². The van der Waals surface area contributed by atoms with E-state index in [0.717, 1.165) is 7.05 Å². The summed E-state index contributed by atoms with van der Waals surface area (Å²) in [7, 11) is 0.988. The molecule has 16 heavy (non-hydrogen) atoms. The van der Waals surface area contributed by atoms with Gasteiger partial charge in [0.2, 0.25) is 0 Å². The number of hydrogen-bond donors (Lipinski definition) is 1. The van der Waals surface area contributed by atoms with Crippen molar-refractivity contribution in [2.24, 2.45) is 7.05 Å². The number of carbonyl (C=O) groups is 1. The minimum Gasteiger partial charge on any atom is -0.449 e. The lowest BCUT2D eigenvalue weighted by Crippen LogP contribution is -2.07. The molecule has 0 bridgehead atoms. The second kappa shape index (κ2) is 4.37. The molecule has 0 aromatic carbocycles. The molecule has 0 aliphatic heterocycles. The summed E-state index contributed by atoms with van der Waals surface area (Å²) in [5.74, 6) is -1.11. The predicted molar refractivity (Wildman–Crippen MR) is 41.8 cm³/mol. The van der Waals surface area contributed by atoms with E-state index in [1.807, 2.05) is 0 Å². The first-order valence-electron chi connectivity index (χ1n) is 3.88. The average Bonchev–Trinajstić information content (AvgIpc) is 2.41. The highest BCUT2D eigenvalue weighted by molar-refractivity contribution is 5.62. The molecule has 1 rings (SSSR count). The van der Waals surface area contributed by atoms with Gasteiger partial charge in [-0.1, -0.05) is 0 Å². The molecular weight excluding hydrogens is 236 g/mol. The molecule has 0 unspecified atom stereocenters. The zero-order valence-corrected chi connectivity index (χ0v) is 7.82. The van der Waals surface area contributed by atoms with Crippen molar-refractivity contribution in [3.63, 3.8) is 0 Å². The van der Waals surface area contributed by atoms with Crippen LogP contribution in [0.2, 0.25) is 0 Å². The SMILES string of the molecule is Cn1nc(C(F)F)c(OC(=O)O)c1C(F)F. The summed E-state index contributed by atoms with van der Waals surface area (Å²) in [5, 5.41) is 11.3. The molecule has 0 amide bonds. The van der Waals surface area contributed by atoms with Gasteiger partial charge < -0.3 is 9.84 Å². The van der Waals surface area contributed by atoms with Gasteiger partial charge in [0, 0.05) is 7.05 Å². The van der Waals surface area contributed by atoms with E-state index in [-0.39, 0.29) is 0 Å². The first kappa shape index (κ1) is 12.3. The molecule has 0 spiro atoms. The maximum atomic E-state index is 12.4. The van der Waals surface area contributed by atoms with Gasteiger partial charge in [-0.25, -0.2) is 22.4 Å². The van der Waals surface area contributed by atoms with Crippen LogP contribution in [0.15, 0.2) is 0 Å². The lowest BCUT2D eigenvalue weighted by molar-refractivity contribution is 0.121.